The van der Waals surface area contributed by atoms with E-state index in [4.69, 9.17) is 23.8 Å². The largest absolute Gasteiger partial charge is 0.496 e. The van der Waals surface area contributed by atoms with Crippen molar-refractivity contribution in [2.75, 3.05) is 14.2 Å². The lowest BCUT2D eigenvalue weighted by atomic mass is 9.78. The molecule has 6 heteroatoms. The number of ether oxygens (including phenoxy) is 1. The molecule has 0 bridgehead atoms. The maximum absolute atomic E-state index is 6.06. The molecule has 0 amide bonds. The molecule has 1 heterocycles. The molecule has 1 fully saturated rings. The average molecular weight is 308 g/mol. The summed E-state index contributed by atoms with van der Waals surface area (Å²) in [6.07, 6.45) is -0.229. The van der Waals surface area contributed by atoms with Crippen molar-refractivity contribution in [2.45, 2.75) is 51.9 Å². The smallest absolute Gasteiger partial charge is 0.494 e. The van der Waals surface area contributed by atoms with Gasteiger partial charge >= 0.3 is 7.12 Å². The third kappa shape index (κ3) is 3.15. The van der Waals surface area contributed by atoms with E-state index < -0.39 is 7.12 Å². The molecular formula is C16H25BO5. The summed E-state index contributed by atoms with van der Waals surface area (Å²) in [6, 6.07) is 5.84. The van der Waals surface area contributed by atoms with Crippen LogP contribution in [0.5, 0.6) is 5.75 Å². The summed E-state index contributed by atoms with van der Waals surface area (Å²) in [5, 5.41) is 0. The van der Waals surface area contributed by atoms with Gasteiger partial charge in [-0.25, -0.2) is 9.78 Å². The molecule has 1 aromatic rings. The molecule has 0 N–H and O–H groups in total. The number of hydrogen-bond donors (Lipinski definition) is 0. The lowest BCUT2D eigenvalue weighted by Gasteiger charge is -2.32. The SMILES string of the molecule is COOC(C)c1ccc(B2OC(C)(C)C(C)(C)O2)cc1OC. The first kappa shape index (κ1) is 17.3. The Hall–Kier alpha value is -1.08. The van der Waals surface area contributed by atoms with Crippen LogP contribution in [0.2, 0.25) is 0 Å². The van der Waals surface area contributed by atoms with Gasteiger partial charge in [-0.05, 0) is 46.1 Å². The lowest BCUT2D eigenvalue weighted by molar-refractivity contribution is -0.303. The first-order chi connectivity index (χ1) is 10.2. The van der Waals surface area contributed by atoms with E-state index in [9.17, 15) is 0 Å². The van der Waals surface area contributed by atoms with Gasteiger partial charge < -0.3 is 14.0 Å². The van der Waals surface area contributed by atoms with E-state index >= 15 is 0 Å². The highest BCUT2D eigenvalue weighted by Crippen LogP contribution is 2.37. The predicted octanol–water partition coefficient (Wildman–Crippen LogP) is 2.63. The molecule has 122 valence electrons. The zero-order valence-corrected chi connectivity index (χ0v) is 14.4. The van der Waals surface area contributed by atoms with E-state index in [1.807, 2.05) is 52.8 Å². The highest BCUT2D eigenvalue weighted by Gasteiger charge is 2.51. The standard InChI is InChI=1S/C16H25BO5/c1-11(20-19-7)13-9-8-12(10-14(13)18-6)17-21-15(2,3)16(4,5)22-17/h8-11H,1-7H3. The van der Waals surface area contributed by atoms with Crippen molar-refractivity contribution in [3.8, 4) is 5.75 Å². The van der Waals surface area contributed by atoms with Crippen LogP contribution in [0.25, 0.3) is 0 Å². The van der Waals surface area contributed by atoms with Crippen molar-refractivity contribution in [3.63, 3.8) is 0 Å². The molecule has 1 aromatic carbocycles. The van der Waals surface area contributed by atoms with Crippen molar-refractivity contribution < 1.29 is 23.8 Å². The Kier molecular flexibility index (Phi) is 4.87. The molecule has 0 aromatic heterocycles. The second-order valence-electron chi connectivity index (χ2n) is 6.49. The molecule has 5 nitrogen and oxygen atoms in total. The van der Waals surface area contributed by atoms with Crippen LogP contribution in [-0.4, -0.2) is 32.5 Å². The van der Waals surface area contributed by atoms with Gasteiger partial charge in [0.15, 0.2) is 0 Å². The summed E-state index contributed by atoms with van der Waals surface area (Å²) in [4.78, 5) is 9.90. The van der Waals surface area contributed by atoms with E-state index in [1.165, 1.54) is 7.11 Å². The minimum Gasteiger partial charge on any atom is -0.496 e. The summed E-state index contributed by atoms with van der Waals surface area (Å²) in [5.41, 5.74) is 1.10. The van der Waals surface area contributed by atoms with E-state index in [1.54, 1.807) is 7.11 Å². The highest BCUT2D eigenvalue weighted by atomic mass is 17.2. The van der Waals surface area contributed by atoms with Gasteiger partial charge in [-0.1, -0.05) is 12.1 Å². The summed E-state index contributed by atoms with van der Waals surface area (Å²) in [6.45, 7) is 10.0. The van der Waals surface area contributed by atoms with Crippen molar-refractivity contribution in [1.29, 1.82) is 0 Å². The van der Waals surface area contributed by atoms with Crippen LogP contribution in [0.15, 0.2) is 18.2 Å². The van der Waals surface area contributed by atoms with Gasteiger partial charge in [0.05, 0.1) is 25.4 Å². The van der Waals surface area contributed by atoms with Crippen LogP contribution in [0, 0.1) is 0 Å². The average Bonchev–Trinajstić information content (AvgIpc) is 2.67. The monoisotopic (exact) mass is 308 g/mol. The third-order valence-corrected chi connectivity index (χ3v) is 4.46. The van der Waals surface area contributed by atoms with Gasteiger partial charge in [-0.3, -0.25) is 0 Å². The van der Waals surface area contributed by atoms with Crippen molar-refractivity contribution >= 4 is 12.6 Å². The van der Waals surface area contributed by atoms with Gasteiger partial charge in [0.2, 0.25) is 0 Å². The van der Waals surface area contributed by atoms with Crippen LogP contribution in [-0.2, 0) is 19.1 Å². The number of rotatable bonds is 5. The zero-order chi connectivity index (χ0) is 16.5. The molecule has 22 heavy (non-hydrogen) atoms. The minimum absolute atomic E-state index is 0.229. The van der Waals surface area contributed by atoms with Crippen LogP contribution in [0.4, 0.5) is 0 Å². The Bertz CT molecular complexity index is 513. The summed E-state index contributed by atoms with van der Waals surface area (Å²) < 4.78 is 17.6. The van der Waals surface area contributed by atoms with E-state index in [0.29, 0.717) is 0 Å². The Morgan fingerprint density at radius 1 is 1.05 bits per heavy atom. The molecule has 1 unspecified atom stereocenters. The van der Waals surface area contributed by atoms with Crippen molar-refractivity contribution in [1.82, 2.24) is 0 Å². The molecule has 0 radical (unpaired) electrons. The van der Waals surface area contributed by atoms with Gasteiger partial charge in [-0.2, -0.15) is 0 Å². The van der Waals surface area contributed by atoms with Gasteiger partial charge in [0, 0.05) is 5.56 Å². The number of methoxy groups -OCH3 is 1. The lowest BCUT2D eigenvalue weighted by Crippen LogP contribution is -2.41. The molecule has 1 aliphatic heterocycles. The van der Waals surface area contributed by atoms with Crippen LogP contribution in [0.3, 0.4) is 0 Å². The van der Waals surface area contributed by atoms with E-state index in [0.717, 1.165) is 16.8 Å². The zero-order valence-electron chi connectivity index (χ0n) is 14.4. The Morgan fingerprint density at radius 2 is 1.64 bits per heavy atom. The molecule has 0 spiro atoms. The fourth-order valence-corrected chi connectivity index (χ4v) is 2.39. The van der Waals surface area contributed by atoms with Gasteiger partial charge in [0.25, 0.3) is 0 Å². The molecular weight excluding hydrogens is 283 g/mol. The van der Waals surface area contributed by atoms with Crippen molar-refractivity contribution in [3.05, 3.63) is 23.8 Å². The summed E-state index contributed by atoms with van der Waals surface area (Å²) in [5.74, 6) is 0.719. The summed E-state index contributed by atoms with van der Waals surface area (Å²) in [7, 11) is 2.71. The maximum atomic E-state index is 6.06. The Labute approximate surface area is 132 Å². The second-order valence-corrected chi connectivity index (χ2v) is 6.49. The summed E-state index contributed by atoms with van der Waals surface area (Å²) >= 11 is 0. The molecule has 0 saturated carbocycles. The van der Waals surface area contributed by atoms with E-state index in [-0.39, 0.29) is 17.3 Å². The molecule has 2 rings (SSSR count). The first-order valence-electron chi connectivity index (χ1n) is 7.45. The second kappa shape index (κ2) is 6.20. The van der Waals surface area contributed by atoms with E-state index in [2.05, 4.69) is 0 Å². The third-order valence-electron chi connectivity index (χ3n) is 4.46. The fourth-order valence-electron chi connectivity index (χ4n) is 2.39. The minimum atomic E-state index is -0.411. The Morgan fingerprint density at radius 3 is 2.14 bits per heavy atom. The molecule has 1 atom stereocenters. The first-order valence-corrected chi connectivity index (χ1v) is 7.45. The molecule has 1 aliphatic rings. The van der Waals surface area contributed by atoms with Gasteiger partial charge in [-0.15, -0.1) is 0 Å². The fraction of sp³-hybridized carbons (Fsp3) is 0.625. The molecule has 0 aliphatic carbocycles. The normalized spacial score (nSPS) is 21.0. The predicted molar refractivity (Wildman–Crippen MR) is 85.2 cm³/mol. The molecule has 1 saturated heterocycles. The number of hydrogen-bond acceptors (Lipinski definition) is 5. The Balaban J connectivity index is 2.28. The topological polar surface area (TPSA) is 46.2 Å². The quantitative estimate of drug-likeness (QED) is 0.475. The van der Waals surface area contributed by atoms with Crippen LogP contribution in [0.1, 0.15) is 46.3 Å². The number of benzene rings is 1. The van der Waals surface area contributed by atoms with Crippen molar-refractivity contribution in [2.24, 2.45) is 0 Å². The highest BCUT2D eigenvalue weighted by molar-refractivity contribution is 6.62. The maximum Gasteiger partial charge on any atom is 0.494 e. The van der Waals surface area contributed by atoms with Crippen LogP contribution < -0.4 is 10.2 Å². The van der Waals surface area contributed by atoms with Gasteiger partial charge in [0.1, 0.15) is 11.9 Å². The van der Waals surface area contributed by atoms with Crippen LogP contribution >= 0.6 is 0 Å².